The van der Waals surface area contributed by atoms with Crippen molar-refractivity contribution in [2.75, 3.05) is 13.2 Å². The molecule has 0 N–H and O–H groups in total. The molecule has 1 amide bonds. The molecule has 3 aromatic carbocycles. The van der Waals surface area contributed by atoms with E-state index >= 15 is 0 Å². The van der Waals surface area contributed by atoms with Gasteiger partial charge in [0.05, 0.1) is 34.4 Å². The van der Waals surface area contributed by atoms with Crippen LogP contribution in [0.4, 0.5) is 5.69 Å². The number of likely N-dealkylation sites (N-methyl/N-ethyl adjacent to an activating group) is 1. The van der Waals surface area contributed by atoms with Crippen LogP contribution in [0.25, 0.3) is 6.08 Å². The van der Waals surface area contributed by atoms with Crippen molar-refractivity contribution in [3.05, 3.63) is 100.0 Å². The number of amides is 1. The zero-order valence-corrected chi connectivity index (χ0v) is 21.3. The minimum atomic E-state index is -0.408. The van der Waals surface area contributed by atoms with Crippen LogP contribution < -0.4 is 4.74 Å². The first kappa shape index (κ1) is 25.7. The van der Waals surface area contributed by atoms with Gasteiger partial charge in [-0.15, -0.1) is 0 Å². The van der Waals surface area contributed by atoms with Gasteiger partial charge in [-0.1, -0.05) is 36.4 Å². The van der Waals surface area contributed by atoms with Gasteiger partial charge in [0.25, 0.3) is 5.91 Å². The van der Waals surface area contributed by atoms with E-state index in [9.17, 15) is 14.9 Å². The number of ether oxygens (including phenoxy) is 2. The van der Waals surface area contributed by atoms with Gasteiger partial charge in [0.1, 0.15) is 12.4 Å². The standard InChI is InChI=1S/C29H25N3O4S/c1-3-32-27(33)26(37-29(32)31-24-11-7-10-21(17-24)28(34)35-4-2)16-20-12-14-25(15-13-20)36-19-23-9-6-5-8-22(23)18-30/h5-17H,3-4,19H2,1-2H3. The summed E-state index contributed by atoms with van der Waals surface area (Å²) in [5.74, 6) is 0.134. The Morgan fingerprint density at radius 1 is 1.08 bits per heavy atom. The van der Waals surface area contributed by atoms with E-state index in [4.69, 9.17) is 9.47 Å². The molecule has 3 aromatic rings. The van der Waals surface area contributed by atoms with Crippen molar-refractivity contribution >= 4 is 40.6 Å². The fraction of sp³-hybridized carbons (Fsp3) is 0.172. The summed E-state index contributed by atoms with van der Waals surface area (Å²) >= 11 is 1.29. The normalized spacial score (nSPS) is 15.2. The highest BCUT2D eigenvalue weighted by atomic mass is 32.2. The summed E-state index contributed by atoms with van der Waals surface area (Å²) in [5, 5.41) is 9.78. The third kappa shape index (κ3) is 6.26. The van der Waals surface area contributed by atoms with Gasteiger partial charge < -0.3 is 9.47 Å². The summed E-state index contributed by atoms with van der Waals surface area (Å²) < 4.78 is 10.9. The predicted molar refractivity (Wildman–Crippen MR) is 144 cm³/mol. The first-order chi connectivity index (χ1) is 18.0. The molecule has 0 radical (unpaired) electrons. The second kappa shape index (κ2) is 12.1. The van der Waals surface area contributed by atoms with Crippen molar-refractivity contribution in [1.82, 2.24) is 4.90 Å². The summed E-state index contributed by atoms with van der Waals surface area (Å²) in [6, 6.07) is 23.8. The summed E-state index contributed by atoms with van der Waals surface area (Å²) in [5.41, 5.74) is 3.24. The molecule has 4 rings (SSSR count). The van der Waals surface area contributed by atoms with Crippen LogP contribution in [-0.2, 0) is 16.1 Å². The SMILES string of the molecule is CCOC(=O)c1cccc(N=C2SC(=Cc3ccc(OCc4ccccc4C#N)cc3)C(=O)N2CC)c1. The maximum atomic E-state index is 13.0. The van der Waals surface area contributed by atoms with E-state index in [0.29, 0.717) is 52.4 Å². The average molecular weight is 512 g/mol. The number of benzene rings is 3. The quantitative estimate of drug-likeness (QED) is 0.275. The molecule has 1 aliphatic heterocycles. The van der Waals surface area contributed by atoms with Crippen LogP contribution in [0.1, 0.15) is 40.9 Å². The van der Waals surface area contributed by atoms with Gasteiger partial charge in [0.15, 0.2) is 5.17 Å². The van der Waals surface area contributed by atoms with E-state index in [1.165, 1.54) is 11.8 Å². The smallest absolute Gasteiger partial charge is 0.338 e. The van der Waals surface area contributed by atoms with E-state index in [2.05, 4.69) is 11.1 Å². The van der Waals surface area contributed by atoms with Crippen LogP contribution in [0.5, 0.6) is 5.75 Å². The summed E-state index contributed by atoms with van der Waals surface area (Å²) in [7, 11) is 0. The Labute approximate surface area is 220 Å². The summed E-state index contributed by atoms with van der Waals surface area (Å²) in [6.45, 7) is 4.70. The minimum absolute atomic E-state index is 0.124. The van der Waals surface area contributed by atoms with Gasteiger partial charge in [-0.2, -0.15) is 5.26 Å². The molecule has 1 heterocycles. The van der Waals surface area contributed by atoms with Crippen molar-refractivity contribution in [2.24, 2.45) is 4.99 Å². The van der Waals surface area contributed by atoms with Crippen LogP contribution in [0.15, 0.2) is 82.7 Å². The molecule has 1 fully saturated rings. The van der Waals surface area contributed by atoms with Crippen LogP contribution >= 0.6 is 11.8 Å². The second-order valence-corrected chi connectivity index (χ2v) is 8.96. The molecular formula is C29H25N3O4S. The van der Waals surface area contributed by atoms with Gasteiger partial charge in [0.2, 0.25) is 0 Å². The van der Waals surface area contributed by atoms with Gasteiger partial charge in [-0.3, -0.25) is 9.69 Å². The van der Waals surface area contributed by atoms with E-state index in [0.717, 1.165) is 11.1 Å². The number of thioether (sulfide) groups is 1. The van der Waals surface area contributed by atoms with Crippen molar-refractivity contribution in [3.8, 4) is 11.8 Å². The first-order valence-electron chi connectivity index (χ1n) is 11.8. The number of carbonyl (C=O) groups excluding carboxylic acids is 2. The third-order valence-corrected chi connectivity index (χ3v) is 6.50. The molecule has 0 atom stereocenters. The Morgan fingerprint density at radius 2 is 1.86 bits per heavy atom. The summed E-state index contributed by atoms with van der Waals surface area (Å²) in [6.07, 6.45) is 1.82. The van der Waals surface area contributed by atoms with Crippen molar-refractivity contribution in [3.63, 3.8) is 0 Å². The van der Waals surface area contributed by atoms with E-state index in [1.54, 1.807) is 42.2 Å². The largest absolute Gasteiger partial charge is 0.489 e. The zero-order chi connectivity index (χ0) is 26.2. The minimum Gasteiger partial charge on any atom is -0.489 e. The van der Waals surface area contributed by atoms with Crippen molar-refractivity contribution < 1.29 is 19.1 Å². The second-order valence-electron chi connectivity index (χ2n) is 7.95. The average Bonchev–Trinajstić information content (AvgIpc) is 3.21. The zero-order valence-electron chi connectivity index (χ0n) is 20.5. The molecule has 37 heavy (non-hydrogen) atoms. The molecule has 1 saturated heterocycles. The number of hydrogen-bond acceptors (Lipinski definition) is 7. The Balaban J connectivity index is 1.48. The summed E-state index contributed by atoms with van der Waals surface area (Å²) in [4.78, 5) is 31.9. The monoisotopic (exact) mass is 511 g/mol. The molecule has 0 saturated carbocycles. The number of hydrogen-bond donors (Lipinski definition) is 0. The number of rotatable bonds is 8. The lowest BCUT2D eigenvalue weighted by molar-refractivity contribution is -0.122. The lowest BCUT2D eigenvalue weighted by atomic mass is 10.1. The van der Waals surface area contributed by atoms with Crippen molar-refractivity contribution in [2.45, 2.75) is 20.5 Å². The topological polar surface area (TPSA) is 92.0 Å². The maximum Gasteiger partial charge on any atom is 0.338 e. The molecular weight excluding hydrogens is 486 g/mol. The van der Waals surface area contributed by atoms with Crippen LogP contribution in [0, 0.1) is 11.3 Å². The van der Waals surface area contributed by atoms with Crippen molar-refractivity contribution in [1.29, 1.82) is 5.26 Å². The maximum absolute atomic E-state index is 13.0. The molecule has 0 aromatic heterocycles. The van der Waals surface area contributed by atoms with Gasteiger partial charge in [-0.25, -0.2) is 9.79 Å². The molecule has 8 heteroatoms. The van der Waals surface area contributed by atoms with Crippen LogP contribution in [-0.4, -0.2) is 35.1 Å². The molecule has 186 valence electrons. The number of carbonyl (C=O) groups is 2. The Morgan fingerprint density at radius 3 is 2.59 bits per heavy atom. The number of amidine groups is 1. The predicted octanol–water partition coefficient (Wildman–Crippen LogP) is 5.94. The molecule has 7 nitrogen and oxygen atoms in total. The Bertz CT molecular complexity index is 1410. The lowest BCUT2D eigenvalue weighted by Crippen LogP contribution is -2.28. The number of esters is 1. The first-order valence-corrected chi connectivity index (χ1v) is 12.6. The van der Waals surface area contributed by atoms with Crippen LogP contribution in [0.3, 0.4) is 0 Å². The third-order valence-electron chi connectivity index (χ3n) is 5.50. The molecule has 0 spiro atoms. The van der Waals surface area contributed by atoms with E-state index in [-0.39, 0.29) is 5.91 Å². The van der Waals surface area contributed by atoms with Crippen LogP contribution in [0.2, 0.25) is 0 Å². The molecule has 0 aliphatic carbocycles. The van der Waals surface area contributed by atoms with Gasteiger partial charge in [-0.05, 0) is 73.6 Å². The molecule has 0 unspecified atom stereocenters. The van der Waals surface area contributed by atoms with Gasteiger partial charge in [0, 0.05) is 12.1 Å². The Kier molecular flexibility index (Phi) is 8.39. The Hall–Kier alpha value is -4.35. The molecule has 0 bridgehead atoms. The highest BCUT2D eigenvalue weighted by molar-refractivity contribution is 8.18. The fourth-order valence-electron chi connectivity index (χ4n) is 3.63. The molecule has 1 aliphatic rings. The number of nitriles is 1. The van der Waals surface area contributed by atoms with E-state index < -0.39 is 5.97 Å². The van der Waals surface area contributed by atoms with E-state index in [1.807, 2.05) is 55.5 Å². The lowest BCUT2D eigenvalue weighted by Gasteiger charge is -2.12. The highest BCUT2D eigenvalue weighted by Crippen LogP contribution is 2.34. The highest BCUT2D eigenvalue weighted by Gasteiger charge is 2.32. The number of nitrogens with zero attached hydrogens (tertiary/aromatic N) is 3. The van der Waals surface area contributed by atoms with Gasteiger partial charge >= 0.3 is 5.97 Å². The number of aliphatic imine (C=N–C) groups is 1. The fourth-order valence-corrected chi connectivity index (χ4v) is 4.69.